The van der Waals surface area contributed by atoms with E-state index in [1.54, 1.807) is 32.0 Å². The van der Waals surface area contributed by atoms with Gasteiger partial charge in [0.05, 0.1) is 10.4 Å². The van der Waals surface area contributed by atoms with Crippen LogP contribution in [-0.4, -0.2) is 54.3 Å². The first-order valence-electron chi connectivity index (χ1n) is 10.8. The van der Waals surface area contributed by atoms with Crippen molar-refractivity contribution >= 4 is 38.3 Å². The van der Waals surface area contributed by atoms with Crippen LogP contribution in [0.15, 0.2) is 59.8 Å². The topological polar surface area (TPSA) is 95.5 Å². The van der Waals surface area contributed by atoms with E-state index in [4.69, 9.17) is 0 Å². The summed E-state index contributed by atoms with van der Waals surface area (Å²) in [6.07, 6.45) is 3.08. The molecule has 0 saturated carbocycles. The van der Waals surface area contributed by atoms with Gasteiger partial charge in [-0.05, 0) is 43.2 Å². The summed E-state index contributed by atoms with van der Waals surface area (Å²) in [5, 5.41) is 3.82. The zero-order valence-corrected chi connectivity index (χ0v) is 19.0. The Bertz CT molecular complexity index is 1220. The number of aromatic nitrogens is 2. The standard InChI is InChI=1S/C23H27N5O3S/c1-3-27(4-2)32(30,31)18-10-7-9-17(15-18)26-23(29)21-13-8-14-28(21)22-19-11-5-6-12-20(19)24-16-25-22/h5-7,9-12,15-16,21H,3-4,8,13-14H2,1-2H3,(H,26,29)/t21-/m1/s1. The number of nitrogens with zero attached hydrogens (tertiary/aromatic N) is 4. The average Bonchev–Trinajstić information content (AvgIpc) is 3.29. The predicted molar refractivity (Wildman–Crippen MR) is 125 cm³/mol. The lowest BCUT2D eigenvalue weighted by molar-refractivity contribution is -0.117. The molecule has 1 fully saturated rings. The smallest absolute Gasteiger partial charge is 0.247 e. The molecule has 32 heavy (non-hydrogen) atoms. The first-order chi connectivity index (χ1) is 15.5. The third-order valence-electron chi connectivity index (χ3n) is 5.79. The number of nitrogens with one attached hydrogen (secondary N) is 1. The summed E-state index contributed by atoms with van der Waals surface area (Å²) in [6, 6.07) is 13.8. The number of anilines is 2. The van der Waals surface area contributed by atoms with Crippen LogP contribution in [0.5, 0.6) is 0 Å². The van der Waals surface area contributed by atoms with Crippen molar-refractivity contribution in [1.82, 2.24) is 14.3 Å². The van der Waals surface area contributed by atoms with Crippen LogP contribution in [0.25, 0.3) is 10.9 Å². The van der Waals surface area contributed by atoms with Crippen LogP contribution in [0, 0.1) is 0 Å². The van der Waals surface area contributed by atoms with E-state index in [-0.39, 0.29) is 10.8 Å². The van der Waals surface area contributed by atoms with E-state index in [1.165, 1.54) is 16.7 Å². The Hall–Kier alpha value is -3.04. The summed E-state index contributed by atoms with van der Waals surface area (Å²) in [4.78, 5) is 24.1. The van der Waals surface area contributed by atoms with Gasteiger partial charge in [-0.25, -0.2) is 18.4 Å². The second kappa shape index (κ2) is 9.22. The number of carbonyl (C=O) groups is 1. The molecular formula is C23H27N5O3S. The summed E-state index contributed by atoms with van der Waals surface area (Å²) in [7, 11) is -3.60. The average molecular weight is 454 g/mol. The summed E-state index contributed by atoms with van der Waals surface area (Å²) in [5.74, 6) is 0.564. The van der Waals surface area contributed by atoms with E-state index in [1.807, 2.05) is 29.2 Å². The van der Waals surface area contributed by atoms with Crippen molar-refractivity contribution in [2.45, 2.75) is 37.6 Å². The Labute approximate surface area is 188 Å². The first-order valence-corrected chi connectivity index (χ1v) is 12.3. The number of benzene rings is 2. The highest BCUT2D eigenvalue weighted by molar-refractivity contribution is 7.89. The van der Waals surface area contributed by atoms with Crippen LogP contribution in [0.3, 0.4) is 0 Å². The number of carbonyl (C=O) groups excluding carboxylic acids is 1. The van der Waals surface area contributed by atoms with Gasteiger partial charge in [0.1, 0.15) is 18.2 Å². The number of rotatable bonds is 7. The fourth-order valence-electron chi connectivity index (χ4n) is 4.18. The zero-order valence-electron chi connectivity index (χ0n) is 18.2. The lowest BCUT2D eigenvalue weighted by atomic mass is 10.1. The van der Waals surface area contributed by atoms with Crippen molar-refractivity contribution in [2.24, 2.45) is 0 Å². The maximum atomic E-state index is 13.2. The monoisotopic (exact) mass is 453 g/mol. The molecule has 1 aliphatic heterocycles. The van der Waals surface area contributed by atoms with Crippen molar-refractivity contribution < 1.29 is 13.2 Å². The normalized spacial score (nSPS) is 16.6. The van der Waals surface area contributed by atoms with Crippen molar-refractivity contribution in [3.8, 4) is 0 Å². The summed E-state index contributed by atoms with van der Waals surface area (Å²) in [5.41, 5.74) is 1.29. The second-order valence-corrected chi connectivity index (χ2v) is 9.61. The Morgan fingerprint density at radius 3 is 2.69 bits per heavy atom. The third kappa shape index (κ3) is 4.18. The van der Waals surface area contributed by atoms with Gasteiger partial charge >= 0.3 is 0 Å². The molecule has 1 saturated heterocycles. The summed E-state index contributed by atoms with van der Waals surface area (Å²) in [6.45, 7) is 5.10. The van der Waals surface area contributed by atoms with Gasteiger partial charge in [-0.1, -0.05) is 32.0 Å². The lowest BCUT2D eigenvalue weighted by Crippen LogP contribution is -2.40. The second-order valence-electron chi connectivity index (χ2n) is 7.67. The van der Waals surface area contributed by atoms with Crippen LogP contribution in [0.4, 0.5) is 11.5 Å². The van der Waals surface area contributed by atoms with Crippen LogP contribution in [0.2, 0.25) is 0 Å². The van der Waals surface area contributed by atoms with E-state index >= 15 is 0 Å². The predicted octanol–water partition coefficient (Wildman–Crippen LogP) is 3.27. The molecule has 1 amide bonds. The maximum absolute atomic E-state index is 13.2. The lowest BCUT2D eigenvalue weighted by Gasteiger charge is -2.26. The van der Waals surface area contributed by atoms with Crippen molar-refractivity contribution in [3.05, 3.63) is 54.9 Å². The van der Waals surface area contributed by atoms with Crippen LogP contribution in [-0.2, 0) is 14.8 Å². The summed E-state index contributed by atoms with van der Waals surface area (Å²) >= 11 is 0. The molecule has 1 N–H and O–H groups in total. The highest BCUT2D eigenvalue weighted by atomic mass is 32.2. The molecule has 8 nitrogen and oxygen atoms in total. The maximum Gasteiger partial charge on any atom is 0.247 e. The molecule has 2 heterocycles. The molecule has 0 spiro atoms. The molecule has 0 unspecified atom stereocenters. The zero-order chi connectivity index (χ0) is 22.7. The molecule has 1 aromatic heterocycles. The number of sulfonamides is 1. The molecule has 9 heteroatoms. The van der Waals surface area contributed by atoms with Crippen molar-refractivity contribution in [3.63, 3.8) is 0 Å². The number of fused-ring (bicyclic) bond motifs is 1. The van der Waals surface area contributed by atoms with Crippen molar-refractivity contribution in [2.75, 3.05) is 29.9 Å². The SMILES string of the molecule is CCN(CC)S(=O)(=O)c1cccc(NC(=O)[C@H]2CCCN2c2ncnc3ccccc23)c1. The van der Waals surface area contributed by atoms with Gasteiger partial charge in [0.2, 0.25) is 15.9 Å². The number of hydrogen-bond acceptors (Lipinski definition) is 6. The van der Waals surface area contributed by atoms with Gasteiger partial charge in [-0.2, -0.15) is 4.31 Å². The molecule has 168 valence electrons. The van der Waals surface area contributed by atoms with Gasteiger partial charge in [0.25, 0.3) is 0 Å². The number of para-hydroxylation sites is 1. The van der Waals surface area contributed by atoms with E-state index in [9.17, 15) is 13.2 Å². The minimum atomic E-state index is -3.60. The fourth-order valence-corrected chi connectivity index (χ4v) is 5.69. The number of amides is 1. The van der Waals surface area contributed by atoms with E-state index in [0.29, 0.717) is 25.2 Å². The minimum Gasteiger partial charge on any atom is -0.344 e. The van der Waals surface area contributed by atoms with Gasteiger partial charge < -0.3 is 10.2 Å². The van der Waals surface area contributed by atoms with Gasteiger partial charge in [0.15, 0.2) is 0 Å². The quantitative estimate of drug-likeness (QED) is 0.590. The first kappa shape index (κ1) is 22.2. The Balaban J connectivity index is 1.58. The molecule has 3 aromatic rings. The highest BCUT2D eigenvalue weighted by Gasteiger charge is 2.33. The molecular weight excluding hydrogens is 426 g/mol. The van der Waals surface area contributed by atoms with E-state index < -0.39 is 16.1 Å². The molecule has 0 radical (unpaired) electrons. The van der Waals surface area contributed by atoms with Crippen molar-refractivity contribution in [1.29, 1.82) is 0 Å². The molecule has 2 aromatic carbocycles. The minimum absolute atomic E-state index is 0.170. The van der Waals surface area contributed by atoms with E-state index in [0.717, 1.165) is 29.7 Å². The van der Waals surface area contributed by atoms with Gasteiger partial charge in [0, 0.05) is 30.7 Å². The molecule has 0 bridgehead atoms. The fraction of sp³-hybridized carbons (Fsp3) is 0.348. The Morgan fingerprint density at radius 2 is 1.91 bits per heavy atom. The van der Waals surface area contributed by atoms with Gasteiger partial charge in [-0.15, -0.1) is 0 Å². The molecule has 4 rings (SSSR count). The summed E-state index contributed by atoms with van der Waals surface area (Å²) < 4.78 is 27.1. The Morgan fingerprint density at radius 1 is 1.12 bits per heavy atom. The third-order valence-corrected chi connectivity index (χ3v) is 7.84. The largest absolute Gasteiger partial charge is 0.344 e. The molecule has 1 aliphatic rings. The molecule has 0 aliphatic carbocycles. The van der Waals surface area contributed by atoms with Crippen LogP contribution in [0.1, 0.15) is 26.7 Å². The van der Waals surface area contributed by atoms with Crippen LogP contribution < -0.4 is 10.2 Å². The van der Waals surface area contributed by atoms with Crippen LogP contribution >= 0.6 is 0 Å². The molecule has 1 atom stereocenters. The number of hydrogen-bond donors (Lipinski definition) is 1. The van der Waals surface area contributed by atoms with Gasteiger partial charge in [-0.3, -0.25) is 4.79 Å². The Kier molecular flexibility index (Phi) is 6.38. The van der Waals surface area contributed by atoms with E-state index in [2.05, 4.69) is 15.3 Å². The highest BCUT2D eigenvalue weighted by Crippen LogP contribution is 2.30.